The number of nitrogens with one attached hydrogen (secondary N) is 3. The van der Waals surface area contributed by atoms with E-state index in [1.165, 1.54) is 13.1 Å². The summed E-state index contributed by atoms with van der Waals surface area (Å²) in [7, 11) is 0. The van der Waals surface area contributed by atoms with Crippen LogP contribution >= 0.6 is 11.6 Å². The smallest absolute Gasteiger partial charge is 0.326 e. The molecule has 0 radical (unpaired) electrons. The molecule has 0 aliphatic carbocycles. The molecule has 0 spiro atoms. The summed E-state index contributed by atoms with van der Waals surface area (Å²) in [6.45, 7) is 6.37. The van der Waals surface area contributed by atoms with E-state index < -0.39 is 18.1 Å². The molecule has 6 aromatic rings. The van der Waals surface area contributed by atoms with Gasteiger partial charge in [-0.1, -0.05) is 54.1 Å². The molecule has 1 aliphatic heterocycles. The Labute approximate surface area is 330 Å². The number of benzene rings is 4. The number of H-pyrrole nitrogens is 1. The fourth-order valence-corrected chi connectivity index (χ4v) is 7.28. The minimum absolute atomic E-state index is 0.0310. The van der Waals surface area contributed by atoms with Gasteiger partial charge in [0, 0.05) is 36.1 Å². The van der Waals surface area contributed by atoms with Crippen LogP contribution in [0.25, 0.3) is 33.3 Å². The second kappa shape index (κ2) is 16.5. The van der Waals surface area contributed by atoms with Crippen LogP contribution in [0.15, 0.2) is 85.2 Å². The van der Waals surface area contributed by atoms with Crippen molar-refractivity contribution in [1.82, 2.24) is 25.6 Å². The summed E-state index contributed by atoms with van der Waals surface area (Å²) in [6, 6.07) is 26.3. The Balaban J connectivity index is 1.13. The lowest BCUT2D eigenvalue weighted by molar-refractivity contribution is -0.145. The molecule has 1 fully saturated rings. The number of carboxylic acids is 1. The zero-order valence-electron chi connectivity index (χ0n) is 31.4. The number of aliphatic hydroxyl groups excluding tert-OH is 1. The number of hydrogen-bond acceptors (Lipinski definition) is 9. The van der Waals surface area contributed by atoms with E-state index in [1.807, 2.05) is 12.1 Å². The number of aliphatic hydroxyl groups is 1. The Morgan fingerprint density at radius 1 is 0.982 bits per heavy atom. The molecule has 56 heavy (non-hydrogen) atoms. The molecule has 7 rings (SSSR count). The summed E-state index contributed by atoms with van der Waals surface area (Å²) in [5, 5.41) is 35.5. The summed E-state index contributed by atoms with van der Waals surface area (Å²) < 4.78 is 12.5. The van der Waals surface area contributed by atoms with Crippen molar-refractivity contribution in [3.8, 4) is 39.8 Å². The highest BCUT2D eigenvalue weighted by molar-refractivity contribution is 6.32. The normalized spacial score (nSPS) is 15.0. The van der Waals surface area contributed by atoms with E-state index in [9.17, 15) is 20.3 Å². The number of aromatic nitrogens is 3. The van der Waals surface area contributed by atoms with Crippen molar-refractivity contribution >= 4 is 28.6 Å². The second-order valence-corrected chi connectivity index (χ2v) is 14.8. The summed E-state index contributed by atoms with van der Waals surface area (Å²) in [6.07, 6.45) is 5.32. The van der Waals surface area contributed by atoms with E-state index in [-0.39, 0.29) is 25.8 Å². The molecule has 2 unspecified atom stereocenters. The van der Waals surface area contributed by atoms with Gasteiger partial charge < -0.3 is 30.0 Å². The van der Waals surface area contributed by atoms with Crippen LogP contribution < -0.4 is 20.1 Å². The lowest BCUT2D eigenvalue weighted by atomic mass is 9.89. The number of ether oxygens (including phenoxy) is 2. The highest BCUT2D eigenvalue weighted by Gasteiger charge is 2.32. The van der Waals surface area contributed by atoms with E-state index >= 15 is 0 Å². The van der Waals surface area contributed by atoms with Crippen molar-refractivity contribution in [1.29, 1.82) is 5.26 Å². The zero-order valence-corrected chi connectivity index (χ0v) is 32.2. The number of halogens is 1. The largest absolute Gasteiger partial charge is 0.488 e. The molecular formula is C44H43ClN6O5. The Morgan fingerprint density at radius 2 is 1.75 bits per heavy atom. The molecule has 4 aromatic carbocycles. The number of fused-ring (bicyclic) bond motifs is 1. The summed E-state index contributed by atoms with van der Waals surface area (Å²) in [4.78, 5) is 24.4. The molecule has 3 heterocycles. The van der Waals surface area contributed by atoms with Gasteiger partial charge in [-0.05, 0) is 103 Å². The molecule has 2 atom stereocenters. The number of carboxylic acid groups (broad SMARTS) is 1. The molecule has 2 aromatic heterocycles. The van der Waals surface area contributed by atoms with Gasteiger partial charge in [0.15, 0.2) is 0 Å². The molecule has 0 amide bonds. The number of pyridine rings is 1. The molecule has 1 saturated heterocycles. The summed E-state index contributed by atoms with van der Waals surface area (Å²) in [5.74, 6) is 0.561. The Bertz CT molecular complexity index is 2450. The van der Waals surface area contributed by atoms with Gasteiger partial charge in [0.1, 0.15) is 42.1 Å². The molecule has 11 nitrogen and oxygen atoms in total. The van der Waals surface area contributed by atoms with Gasteiger partial charge in [-0.3, -0.25) is 15.1 Å². The number of aliphatic carboxylic acids is 1. The van der Waals surface area contributed by atoms with Gasteiger partial charge in [-0.15, -0.1) is 0 Å². The maximum absolute atomic E-state index is 11.9. The van der Waals surface area contributed by atoms with Crippen molar-refractivity contribution < 1.29 is 24.5 Å². The van der Waals surface area contributed by atoms with Gasteiger partial charge in [-0.2, -0.15) is 5.26 Å². The topological polar surface area (TPSA) is 165 Å². The van der Waals surface area contributed by atoms with E-state index in [2.05, 4.69) is 83.0 Å². The first-order valence-electron chi connectivity index (χ1n) is 18.5. The van der Waals surface area contributed by atoms with Crippen LogP contribution in [0.5, 0.6) is 11.5 Å². The van der Waals surface area contributed by atoms with E-state index in [4.69, 9.17) is 26.1 Å². The van der Waals surface area contributed by atoms with Crippen LogP contribution in [0.1, 0.15) is 65.0 Å². The van der Waals surface area contributed by atoms with Crippen molar-refractivity contribution in [2.45, 2.75) is 65.0 Å². The first-order chi connectivity index (χ1) is 27.1. The fraction of sp³-hybridized carbons (Fsp3) is 0.273. The third-order valence-corrected chi connectivity index (χ3v) is 10.8. The lowest BCUT2D eigenvalue weighted by Crippen LogP contribution is -2.52. The Kier molecular flexibility index (Phi) is 11.4. The van der Waals surface area contributed by atoms with Crippen LogP contribution in [0.2, 0.25) is 5.02 Å². The fourth-order valence-electron chi connectivity index (χ4n) is 7.04. The number of imidazole rings is 1. The quantitative estimate of drug-likeness (QED) is 0.0734. The minimum atomic E-state index is -1.59. The van der Waals surface area contributed by atoms with Crippen molar-refractivity contribution in [3.63, 3.8) is 0 Å². The Morgan fingerprint density at radius 3 is 2.50 bits per heavy atom. The van der Waals surface area contributed by atoms with Crippen LogP contribution in [-0.4, -0.2) is 49.8 Å². The van der Waals surface area contributed by atoms with Crippen molar-refractivity contribution in [2.75, 3.05) is 13.2 Å². The van der Waals surface area contributed by atoms with Crippen LogP contribution in [-0.2, 0) is 24.6 Å². The van der Waals surface area contributed by atoms with Crippen molar-refractivity contribution in [3.05, 3.63) is 129 Å². The second-order valence-electron chi connectivity index (χ2n) is 14.4. The number of rotatable bonds is 14. The molecule has 5 N–H and O–H groups in total. The molecule has 1 aliphatic rings. The molecule has 286 valence electrons. The van der Waals surface area contributed by atoms with E-state index in [0.717, 1.165) is 75.2 Å². The zero-order chi connectivity index (χ0) is 39.4. The highest BCUT2D eigenvalue weighted by Crippen LogP contribution is 2.37. The Hall–Kier alpha value is -5.77. The maximum Gasteiger partial charge on any atom is 0.326 e. The van der Waals surface area contributed by atoms with Gasteiger partial charge in [0.25, 0.3) is 0 Å². The average molecular weight is 771 g/mol. The monoisotopic (exact) mass is 770 g/mol. The van der Waals surface area contributed by atoms with E-state index in [0.29, 0.717) is 33.2 Å². The molecule has 0 bridgehead atoms. The average Bonchev–Trinajstić information content (AvgIpc) is 3.90. The highest BCUT2D eigenvalue weighted by atomic mass is 35.5. The summed E-state index contributed by atoms with van der Waals surface area (Å²) in [5.41, 5.74) is 9.69. The van der Waals surface area contributed by atoms with Crippen LogP contribution in [0.4, 0.5) is 0 Å². The van der Waals surface area contributed by atoms with Gasteiger partial charge >= 0.3 is 5.97 Å². The third-order valence-electron chi connectivity index (χ3n) is 10.5. The van der Waals surface area contributed by atoms with Crippen molar-refractivity contribution in [2.24, 2.45) is 0 Å². The predicted octanol–water partition coefficient (Wildman–Crippen LogP) is 7.94. The molecule has 0 saturated carbocycles. The maximum atomic E-state index is 11.9. The SMILES string of the molecule is Cc1c(COc2cc(OCc3cncc(C#N)c3)c(CNC(C)(CO)C(=O)O)cc2Cl)cccc1-c1cccc(-c2ccc3[nH]c(C4CCCN4)nc3c2)c1C. The standard InChI is InChI=1S/C44H43ClN6O5/c1-26-31(7-4-9-34(26)35-10-5-8-33(27(35)2)30-12-13-37-39(17-30)51-42(50-37)38-11-6-14-48-38)24-56-41-18-40(55-23-29-15-28(19-46)20-47-21-29)32(16-36(41)45)22-49-44(3,25-52)43(53)54/h4-5,7-10,12-13,15-18,20-21,38,48-49,52H,6,11,14,22-25H2,1-3H3,(H,50,51)(H,53,54). The van der Waals surface area contributed by atoms with Crippen LogP contribution in [0, 0.1) is 25.2 Å². The van der Waals surface area contributed by atoms with Gasteiger partial charge in [0.05, 0.1) is 34.3 Å². The number of aromatic amines is 1. The minimum Gasteiger partial charge on any atom is -0.488 e. The molecular weight excluding hydrogens is 728 g/mol. The molecule has 12 heteroatoms. The van der Waals surface area contributed by atoms with Gasteiger partial charge in [0.2, 0.25) is 0 Å². The lowest BCUT2D eigenvalue weighted by Gasteiger charge is -2.25. The predicted molar refractivity (Wildman–Crippen MR) is 215 cm³/mol. The first kappa shape index (κ1) is 38.5. The number of hydrogen-bond donors (Lipinski definition) is 5. The van der Waals surface area contributed by atoms with Gasteiger partial charge in [-0.25, -0.2) is 4.98 Å². The first-order valence-corrected chi connectivity index (χ1v) is 18.9. The van der Waals surface area contributed by atoms with Crippen LogP contribution in [0.3, 0.4) is 0 Å². The number of carbonyl (C=O) groups is 1. The number of nitriles is 1. The summed E-state index contributed by atoms with van der Waals surface area (Å²) >= 11 is 6.78. The van der Waals surface area contributed by atoms with E-state index in [1.54, 1.807) is 24.4 Å². The number of nitrogens with zero attached hydrogens (tertiary/aromatic N) is 3. The third kappa shape index (κ3) is 8.10.